The fraction of sp³-hybridized carbons (Fsp3) is 0.217. The number of anilines is 1. The molecule has 3 aromatic rings. The molecule has 33 heavy (non-hydrogen) atoms. The second kappa shape index (κ2) is 10.5. The minimum Gasteiger partial charge on any atom is -0.454 e. The number of carbonyl (C=O) groups is 2. The number of ketones is 1. The minimum atomic E-state index is -0.826. The van der Waals surface area contributed by atoms with Gasteiger partial charge in [-0.1, -0.05) is 41.9 Å². The predicted molar refractivity (Wildman–Crippen MR) is 128 cm³/mol. The maximum atomic E-state index is 12.9. The molecule has 0 saturated carbocycles. The Bertz CT molecular complexity index is 1320. The van der Waals surface area contributed by atoms with Gasteiger partial charge in [0.15, 0.2) is 6.61 Å². The molecule has 10 heteroatoms. The summed E-state index contributed by atoms with van der Waals surface area (Å²) in [4.78, 5) is 51.8. The topological polar surface area (TPSA) is 113 Å². The molecular formula is C23H22ClN3O5S. The number of nitrogen functional groups attached to an aromatic ring is 1. The number of benzene rings is 2. The highest BCUT2D eigenvalue weighted by molar-refractivity contribution is 7.98. The lowest BCUT2D eigenvalue weighted by Crippen LogP contribution is -2.44. The molecule has 2 N–H and O–H groups in total. The van der Waals surface area contributed by atoms with E-state index in [9.17, 15) is 19.2 Å². The molecule has 0 aliphatic rings. The van der Waals surface area contributed by atoms with Crippen LogP contribution < -0.4 is 17.0 Å². The summed E-state index contributed by atoms with van der Waals surface area (Å²) in [5.74, 6) is -1.90. The van der Waals surface area contributed by atoms with E-state index in [2.05, 4.69) is 0 Å². The zero-order chi connectivity index (χ0) is 24.1. The van der Waals surface area contributed by atoms with Crippen LogP contribution in [0.2, 0.25) is 5.02 Å². The minimum absolute atomic E-state index is 0.0455. The Morgan fingerprint density at radius 2 is 1.79 bits per heavy atom. The van der Waals surface area contributed by atoms with Crippen molar-refractivity contribution < 1.29 is 14.3 Å². The maximum absolute atomic E-state index is 12.9. The zero-order valence-electron chi connectivity index (χ0n) is 18.0. The highest BCUT2D eigenvalue weighted by atomic mass is 35.5. The number of nitrogens with zero attached hydrogens (tertiary/aromatic N) is 2. The van der Waals surface area contributed by atoms with E-state index >= 15 is 0 Å². The van der Waals surface area contributed by atoms with E-state index in [1.54, 1.807) is 49.4 Å². The molecular weight excluding hydrogens is 466 g/mol. The molecule has 0 aliphatic carbocycles. The molecule has 1 aromatic heterocycles. The lowest BCUT2D eigenvalue weighted by Gasteiger charge is -2.16. The summed E-state index contributed by atoms with van der Waals surface area (Å²) in [7, 11) is 0. The predicted octanol–water partition coefficient (Wildman–Crippen LogP) is 3.08. The van der Waals surface area contributed by atoms with Gasteiger partial charge < -0.3 is 10.5 Å². The van der Waals surface area contributed by atoms with Crippen molar-refractivity contribution in [2.24, 2.45) is 0 Å². The number of esters is 1. The third-order valence-electron chi connectivity index (χ3n) is 4.97. The van der Waals surface area contributed by atoms with Gasteiger partial charge in [0.2, 0.25) is 5.78 Å². The van der Waals surface area contributed by atoms with Crippen molar-refractivity contribution in [1.82, 2.24) is 9.13 Å². The Kier molecular flexibility index (Phi) is 7.78. The number of halogens is 1. The molecule has 0 atom stereocenters. The SMILES string of the molecule is CCn1c(=O)c(C(=O)COC(=O)c2cc(SC)ccc2Cl)c(N)n(Cc2ccccc2)c1=O. The van der Waals surface area contributed by atoms with Crippen LogP contribution in [0.3, 0.4) is 0 Å². The van der Waals surface area contributed by atoms with Gasteiger partial charge in [-0.3, -0.25) is 18.7 Å². The Morgan fingerprint density at radius 3 is 2.42 bits per heavy atom. The van der Waals surface area contributed by atoms with Crippen molar-refractivity contribution in [2.75, 3.05) is 18.6 Å². The monoisotopic (exact) mass is 487 g/mol. The summed E-state index contributed by atoms with van der Waals surface area (Å²) >= 11 is 7.49. The van der Waals surface area contributed by atoms with Crippen molar-refractivity contribution >= 4 is 40.9 Å². The molecule has 0 fully saturated rings. The molecule has 0 radical (unpaired) electrons. The van der Waals surface area contributed by atoms with E-state index in [0.717, 1.165) is 19.6 Å². The fourth-order valence-electron chi connectivity index (χ4n) is 3.24. The first-order chi connectivity index (χ1) is 15.8. The summed E-state index contributed by atoms with van der Waals surface area (Å²) < 4.78 is 7.21. The summed E-state index contributed by atoms with van der Waals surface area (Å²) in [6, 6.07) is 13.9. The van der Waals surface area contributed by atoms with Crippen LogP contribution in [0.4, 0.5) is 5.82 Å². The van der Waals surface area contributed by atoms with Crippen LogP contribution in [0.25, 0.3) is 0 Å². The quantitative estimate of drug-likeness (QED) is 0.295. The molecule has 1 heterocycles. The molecule has 0 bridgehead atoms. The van der Waals surface area contributed by atoms with E-state index in [1.807, 2.05) is 12.3 Å². The van der Waals surface area contributed by atoms with Gasteiger partial charge in [0.1, 0.15) is 11.4 Å². The number of hydrogen-bond donors (Lipinski definition) is 1. The van der Waals surface area contributed by atoms with Crippen LogP contribution in [0.1, 0.15) is 33.2 Å². The lowest BCUT2D eigenvalue weighted by atomic mass is 10.1. The maximum Gasteiger partial charge on any atom is 0.340 e. The first-order valence-corrected chi connectivity index (χ1v) is 11.6. The van der Waals surface area contributed by atoms with Crippen LogP contribution in [0.5, 0.6) is 0 Å². The summed E-state index contributed by atoms with van der Waals surface area (Å²) in [6.45, 7) is 0.999. The molecule has 0 saturated heterocycles. The first-order valence-electron chi connectivity index (χ1n) is 9.99. The average molecular weight is 488 g/mol. The third kappa shape index (κ3) is 5.20. The molecule has 3 rings (SSSR count). The van der Waals surface area contributed by atoms with Gasteiger partial charge in [-0.15, -0.1) is 11.8 Å². The number of hydrogen-bond acceptors (Lipinski definition) is 7. The van der Waals surface area contributed by atoms with Crippen molar-refractivity contribution in [2.45, 2.75) is 24.9 Å². The molecule has 0 spiro atoms. The number of thioether (sulfide) groups is 1. The van der Waals surface area contributed by atoms with Crippen LogP contribution in [0.15, 0.2) is 63.0 Å². The third-order valence-corrected chi connectivity index (χ3v) is 6.03. The van der Waals surface area contributed by atoms with Crippen molar-refractivity contribution in [1.29, 1.82) is 0 Å². The molecule has 8 nitrogen and oxygen atoms in total. The second-order valence-corrected chi connectivity index (χ2v) is 8.30. The average Bonchev–Trinajstić information content (AvgIpc) is 2.81. The molecule has 0 aliphatic heterocycles. The van der Waals surface area contributed by atoms with Gasteiger partial charge in [-0.25, -0.2) is 9.59 Å². The molecule has 172 valence electrons. The summed E-state index contributed by atoms with van der Waals surface area (Å²) in [5, 5.41) is 0.175. The van der Waals surface area contributed by atoms with Crippen molar-refractivity contribution in [3.05, 3.63) is 91.1 Å². The number of rotatable bonds is 8. The molecule has 0 amide bonds. The largest absolute Gasteiger partial charge is 0.454 e. The standard InChI is InChI=1S/C23H22ClN3O5S/c1-3-26-21(29)19(20(25)27(23(26)31)12-14-7-5-4-6-8-14)18(28)13-32-22(30)16-11-15(33-2)9-10-17(16)24/h4-11H,3,12-13,25H2,1-2H3. The van der Waals surface area contributed by atoms with E-state index in [4.69, 9.17) is 22.1 Å². The van der Waals surface area contributed by atoms with E-state index in [1.165, 1.54) is 11.8 Å². The highest BCUT2D eigenvalue weighted by Gasteiger charge is 2.24. The van der Waals surface area contributed by atoms with Crippen LogP contribution >= 0.6 is 23.4 Å². The second-order valence-electron chi connectivity index (χ2n) is 7.01. The Morgan fingerprint density at radius 1 is 1.09 bits per heavy atom. The number of ether oxygens (including phenoxy) is 1. The summed E-state index contributed by atoms with van der Waals surface area (Å²) in [6.07, 6.45) is 1.84. The van der Waals surface area contributed by atoms with E-state index in [-0.39, 0.29) is 29.5 Å². The Labute approximate surface area is 198 Å². The van der Waals surface area contributed by atoms with Gasteiger partial charge in [-0.05, 0) is 36.9 Å². The van der Waals surface area contributed by atoms with Crippen molar-refractivity contribution in [3.8, 4) is 0 Å². The van der Waals surface area contributed by atoms with E-state index < -0.39 is 35.2 Å². The number of nitrogens with two attached hydrogens (primary N) is 1. The smallest absolute Gasteiger partial charge is 0.340 e. The normalized spacial score (nSPS) is 10.8. The fourth-order valence-corrected chi connectivity index (χ4v) is 3.88. The van der Waals surface area contributed by atoms with Gasteiger partial charge >= 0.3 is 11.7 Å². The van der Waals surface area contributed by atoms with Gasteiger partial charge in [0, 0.05) is 11.4 Å². The zero-order valence-corrected chi connectivity index (χ0v) is 19.6. The number of carbonyl (C=O) groups excluding carboxylic acids is 2. The van der Waals surface area contributed by atoms with Gasteiger partial charge in [0.25, 0.3) is 5.56 Å². The first kappa shape index (κ1) is 24.3. The van der Waals surface area contributed by atoms with Gasteiger partial charge in [0.05, 0.1) is 17.1 Å². The Hall–Kier alpha value is -3.30. The molecule has 2 aromatic carbocycles. The highest BCUT2D eigenvalue weighted by Crippen LogP contribution is 2.23. The van der Waals surface area contributed by atoms with Crippen LogP contribution in [0, 0.1) is 0 Å². The number of Topliss-reactive ketones (excluding diaryl/α,β-unsaturated/α-hetero) is 1. The van der Waals surface area contributed by atoms with Crippen molar-refractivity contribution in [3.63, 3.8) is 0 Å². The van der Waals surface area contributed by atoms with E-state index in [0.29, 0.717) is 0 Å². The summed E-state index contributed by atoms with van der Waals surface area (Å²) in [5.41, 5.74) is 5.12. The lowest BCUT2D eigenvalue weighted by molar-refractivity contribution is 0.0474. The Balaban J connectivity index is 1.93. The van der Waals surface area contributed by atoms with Crippen LogP contribution in [-0.4, -0.2) is 33.7 Å². The molecule has 0 unspecified atom stereocenters. The van der Waals surface area contributed by atoms with Gasteiger partial charge in [-0.2, -0.15) is 0 Å². The van der Waals surface area contributed by atoms with Crippen LogP contribution in [-0.2, 0) is 17.8 Å². The number of aromatic nitrogens is 2.